The minimum atomic E-state index is -0.213. The van der Waals surface area contributed by atoms with Crippen molar-refractivity contribution in [3.05, 3.63) is 66.2 Å². The first-order chi connectivity index (χ1) is 12.3. The van der Waals surface area contributed by atoms with Crippen LogP contribution >= 0.6 is 0 Å². The summed E-state index contributed by atoms with van der Waals surface area (Å²) in [6, 6.07) is 17.5. The number of rotatable bonds is 3. The Balaban J connectivity index is 1.39. The molecule has 3 heterocycles. The van der Waals surface area contributed by atoms with Gasteiger partial charge in [-0.15, -0.1) is 0 Å². The fourth-order valence-corrected chi connectivity index (χ4v) is 4.82. The summed E-state index contributed by atoms with van der Waals surface area (Å²) in [5, 5.41) is 0. The molecule has 2 aromatic carbocycles. The highest BCUT2D eigenvalue weighted by atomic mass is 19.1. The van der Waals surface area contributed by atoms with Crippen molar-refractivity contribution in [3.8, 4) is 0 Å². The van der Waals surface area contributed by atoms with Gasteiger partial charge in [0, 0.05) is 30.7 Å². The quantitative estimate of drug-likeness (QED) is 0.700. The van der Waals surface area contributed by atoms with E-state index in [0.717, 1.165) is 30.4 Å². The Morgan fingerprint density at radius 2 is 1.72 bits per heavy atom. The zero-order valence-corrected chi connectivity index (χ0v) is 14.2. The minimum absolute atomic E-state index is 0.213. The summed E-state index contributed by atoms with van der Waals surface area (Å²) in [6.07, 6.45) is 6.80. The predicted molar refractivity (Wildman–Crippen MR) is 96.8 cm³/mol. The van der Waals surface area contributed by atoms with Gasteiger partial charge in [0.1, 0.15) is 5.82 Å². The van der Waals surface area contributed by atoms with E-state index in [-0.39, 0.29) is 5.82 Å². The molecule has 3 aromatic rings. The topological polar surface area (TPSA) is 21.1 Å². The molecule has 2 aliphatic heterocycles. The fourth-order valence-electron chi connectivity index (χ4n) is 4.82. The molecule has 0 N–H and O–H groups in total. The highest BCUT2D eigenvalue weighted by Crippen LogP contribution is 2.42. The SMILES string of the molecule is Fc1ccc2c(c1)ncn2C1CC2CCC(C1)N2Cc1ccccc1. The molecule has 0 saturated carbocycles. The number of benzene rings is 2. The summed E-state index contributed by atoms with van der Waals surface area (Å²) in [5.41, 5.74) is 3.22. The third-order valence-corrected chi connectivity index (χ3v) is 6.00. The van der Waals surface area contributed by atoms with Crippen LogP contribution in [0.2, 0.25) is 0 Å². The molecule has 2 saturated heterocycles. The second-order valence-electron chi connectivity index (χ2n) is 7.45. The van der Waals surface area contributed by atoms with E-state index >= 15 is 0 Å². The second kappa shape index (κ2) is 5.95. The van der Waals surface area contributed by atoms with Crippen LogP contribution in [0.25, 0.3) is 11.0 Å². The van der Waals surface area contributed by atoms with E-state index in [1.807, 2.05) is 12.4 Å². The molecular formula is C21H22FN3. The molecule has 0 spiro atoms. The van der Waals surface area contributed by atoms with Crippen LogP contribution in [-0.4, -0.2) is 26.5 Å². The van der Waals surface area contributed by atoms with Gasteiger partial charge in [0.25, 0.3) is 0 Å². The van der Waals surface area contributed by atoms with Gasteiger partial charge in [0.05, 0.1) is 17.4 Å². The second-order valence-corrected chi connectivity index (χ2v) is 7.45. The molecule has 2 fully saturated rings. The van der Waals surface area contributed by atoms with E-state index in [0.29, 0.717) is 18.1 Å². The Hall–Kier alpha value is -2.20. The summed E-state index contributed by atoms with van der Waals surface area (Å²) in [6.45, 7) is 1.05. The lowest BCUT2D eigenvalue weighted by molar-refractivity contribution is 0.101. The van der Waals surface area contributed by atoms with Crippen LogP contribution in [0.1, 0.15) is 37.3 Å². The molecule has 2 bridgehead atoms. The molecule has 4 heteroatoms. The summed E-state index contributed by atoms with van der Waals surface area (Å²) >= 11 is 0. The van der Waals surface area contributed by atoms with Crippen LogP contribution < -0.4 is 0 Å². The molecule has 0 amide bonds. The van der Waals surface area contributed by atoms with E-state index in [1.165, 1.54) is 24.5 Å². The van der Waals surface area contributed by atoms with E-state index in [4.69, 9.17) is 0 Å². The molecule has 2 unspecified atom stereocenters. The maximum Gasteiger partial charge on any atom is 0.125 e. The van der Waals surface area contributed by atoms with Gasteiger partial charge in [-0.3, -0.25) is 4.90 Å². The van der Waals surface area contributed by atoms with Crippen molar-refractivity contribution in [3.63, 3.8) is 0 Å². The van der Waals surface area contributed by atoms with Crippen molar-refractivity contribution in [2.75, 3.05) is 0 Å². The smallest absolute Gasteiger partial charge is 0.125 e. The van der Waals surface area contributed by atoms with Gasteiger partial charge in [-0.1, -0.05) is 30.3 Å². The molecule has 25 heavy (non-hydrogen) atoms. The third-order valence-electron chi connectivity index (χ3n) is 6.00. The van der Waals surface area contributed by atoms with E-state index in [2.05, 4.69) is 44.8 Å². The van der Waals surface area contributed by atoms with Gasteiger partial charge in [0.2, 0.25) is 0 Å². The third kappa shape index (κ3) is 2.65. The Kier molecular flexibility index (Phi) is 3.59. The average Bonchev–Trinajstić information content (AvgIpc) is 3.13. The lowest BCUT2D eigenvalue weighted by Gasteiger charge is -2.39. The van der Waals surface area contributed by atoms with Gasteiger partial charge >= 0.3 is 0 Å². The van der Waals surface area contributed by atoms with Gasteiger partial charge < -0.3 is 4.57 Å². The standard InChI is InChI=1S/C21H22FN3/c22-16-6-9-21-20(10-16)23-14-25(21)19-11-17-7-8-18(12-19)24(17)13-15-4-2-1-3-5-15/h1-6,9-10,14,17-19H,7-8,11-13H2. The molecule has 3 nitrogen and oxygen atoms in total. The summed E-state index contributed by atoms with van der Waals surface area (Å²) in [5.74, 6) is -0.213. The number of aromatic nitrogens is 2. The molecule has 2 aliphatic rings. The van der Waals surface area contributed by atoms with Gasteiger partial charge in [-0.2, -0.15) is 0 Å². The zero-order valence-electron chi connectivity index (χ0n) is 14.2. The van der Waals surface area contributed by atoms with E-state index in [9.17, 15) is 4.39 Å². The number of fused-ring (bicyclic) bond motifs is 3. The number of imidazole rings is 1. The Morgan fingerprint density at radius 3 is 2.48 bits per heavy atom. The summed E-state index contributed by atoms with van der Waals surface area (Å²) in [7, 11) is 0. The van der Waals surface area contributed by atoms with Crippen LogP contribution in [0, 0.1) is 5.82 Å². The van der Waals surface area contributed by atoms with E-state index < -0.39 is 0 Å². The first-order valence-corrected chi connectivity index (χ1v) is 9.20. The number of halogens is 1. The lowest BCUT2D eigenvalue weighted by atomic mass is 9.96. The van der Waals surface area contributed by atoms with Crippen LogP contribution in [0.3, 0.4) is 0 Å². The van der Waals surface area contributed by atoms with Gasteiger partial charge in [-0.05, 0) is 43.4 Å². The van der Waals surface area contributed by atoms with Crippen molar-refractivity contribution < 1.29 is 4.39 Å². The zero-order chi connectivity index (χ0) is 16.8. The summed E-state index contributed by atoms with van der Waals surface area (Å²) < 4.78 is 15.7. The van der Waals surface area contributed by atoms with Crippen molar-refractivity contribution in [2.45, 2.75) is 50.4 Å². The lowest BCUT2D eigenvalue weighted by Crippen LogP contribution is -2.42. The van der Waals surface area contributed by atoms with Gasteiger partial charge in [-0.25, -0.2) is 9.37 Å². The monoisotopic (exact) mass is 335 g/mol. The molecule has 1 aromatic heterocycles. The number of hydrogen-bond donors (Lipinski definition) is 0. The number of piperidine rings is 1. The highest BCUT2D eigenvalue weighted by molar-refractivity contribution is 5.75. The predicted octanol–water partition coefficient (Wildman–Crippen LogP) is 4.54. The van der Waals surface area contributed by atoms with Crippen molar-refractivity contribution >= 4 is 11.0 Å². The number of nitrogens with zero attached hydrogens (tertiary/aromatic N) is 3. The van der Waals surface area contributed by atoms with Crippen molar-refractivity contribution in [1.82, 2.24) is 14.5 Å². The van der Waals surface area contributed by atoms with Crippen LogP contribution in [0.4, 0.5) is 4.39 Å². The van der Waals surface area contributed by atoms with Crippen LogP contribution in [0.5, 0.6) is 0 Å². The van der Waals surface area contributed by atoms with Gasteiger partial charge in [0.15, 0.2) is 0 Å². The first-order valence-electron chi connectivity index (χ1n) is 9.20. The summed E-state index contributed by atoms with van der Waals surface area (Å²) in [4.78, 5) is 7.12. The Morgan fingerprint density at radius 1 is 0.960 bits per heavy atom. The normalized spacial score (nSPS) is 26.4. The van der Waals surface area contributed by atoms with Crippen molar-refractivity contribution in [2.24, 2.45) is 0 Å². The maximum absolute atomic E-state index is 13.4. The molecular weight excluding hydrogens is 313 g/mol. The molecule has 0 aliphatic carbocycles. The highest BCUT2D eigenvalue weighted by Gasteiger charge is 2.41. The molecule has 0 radical (unpaired) electrons. The molecule has 2 atom stereocenters. The maximum atomic E-state index is 13.4. The average molecular weight is 335 g/mol. The first kappa shape index (κ1) is 15.1. The van der Waals surface area contributed by atoms with E-state index in [1.54, 1.807) is 6.07 Å². The Bertz CT molecular complexity index is 875. The van der Waals surface area contributed by atoms with Crippen molar-refractivity contribution in [1.29, 1.82) is 0 Å². The largest absolute Gasteiger partial charge is 0.327 e. The fraction of sp³-hybridized carbons (Fsp3) is 0.381. The molecule has 128 valence electrons. The minimum Gasteiger partial charge on any atom is -0.327 e. The Labute approximate surface area is 147 Å². The molecule has 5 rings (SSSR count). The van der Waals surface area contributed by atoms with Crippen LogP contribution in [-0.2, 0) is 6.54 Å². The van der Waals surface area contributed by atoms with Crippen LogP contribution in [0.15, 0.2) is 54.9 Å². The number of hydrogen-bond acceptors (Lipinski definition) is 2.